The Labute approximate surface area is 129 Å². The van der Waals surface area contributed by atoms with E-state index in [1.54, 1.807) is 13.1 Å². The number of ether oxygens (including phenoxy) is 2. The first-order chi connectivity index (χ1) is 10.6. The molecule has 8 nitrogen and oxygen atoms in total. The summed E-state index contributed by atoms with van der Waals surface area (Å²) >= 11 is 1.06. The van der Waals surface area contributed by atoms with Gasteiger partial charge in [0.25, 0.3) is 0 Å². The topological polar surface area (TPSA) is 98.8 Å². The average molecular weight is 320 g/mol. The lowest BCUT2D eigenvalue weighted by molar-refractivity contribution is -0.133. The Kier molecular flexibility index (Phi) is 3.96. The summed E-state index contributed by atoms with van der Waals surface area (Å²) in [6, 6.07) is 5.47. The van der Waals surface area contributed by atoms with E-state index in [0.29, 0.717) is 22.5 Å². The molecule has 0 unspecified atom stereocenters. The summed E-state index contributed by atoms with van der Waals surface area (Å²) in [5, 5.41) is 21.3. The van der Waals surface area contributed by atoms with Crippen molar-refractivity contribution >= 4 is 23.9 Å². The van der Waals surface area contributed by atoms with Crippen LogP contribution >= 0.6 is 11.8 Å². The molecule has 22 heavy (non-hydrogen) atoms. The fraction of sp³-hybridized carbons (Fsp3) is 0.231. The van der Waals surface area contributed by atoms with Crippen LogP contribution in [0.5, 0.6) is 11.5 Å². The summed E-state index contributed by atoms with van der Waals surface area (Å²) in [6.45, 7) is 1.96. The smallest absolute Gasteiger partial charge is 0.313 e. The van der Waals surface area contributed by atoms with Gasteiger partial charge in [0.2, 0.25) is 11.9 Å². The number of carboxylic acids is 1. The number of benzene rings is 1. The minimum absolute atomic E-state index is 0.0995. The highest BCUT2D eigenvalue weighted by Crippen LogP contribution is 2.32. The zero-order valence-corrected chi connectivity index (χ0v) is 12.4. The van der Waals surface area contributed by atoms with Gasteiger partial charge in [-0.3, -0.25) is 4.79 Å². The molecule has 0 aliphatic carbocycles. The van der Waals surface area contributed by atoms with Crippen LogP contribution in [0.25, 0.3) is 0 Å². The van der Waals surface area contributed by atoms with Crippen LogP contribution in [0.15, 0.2) is 28.5 Å². The molecule has 9 heteroatoms. The highest BCUT2D eigenvalue weighted by molar-refractivity contribution is 7.99. The van der Waals surface area contributed by atoms with E-state index in [-0.39, 0.29) is 12.5 Å². The number of fused-ring (bicyclic) bond motifs is 1. The Balaban J connectivity index is 1.80. The van der Waals surface area contributed by atoms with Crippen molar-refractivity contribution in [1.29, 1.82) is 0 Å². The number of aliphatic carboxylic acids is 1. The molecule has 0 saturated carbocycles. The highest BCUT2D eigenvalue weighted by atomic mass is 32.2. The van der Waals surface area contributed by atoms with Crippen molar-refractivity contribution in [2.45, 2.75) is 12.1 Å². The van der Waals surface area contributed by atoms with Crippen LogP contribution in [0.3, 0.4) is 0 Å². The second kappa shape index (κ2) is 6.06. The van der Waals surface area contributed by atoms with Crippen LogP contribution in [0, 0.1) is 6.92 Å². The molecule has 0 atom stereocenters. The first kappa shape index (κ1) is 14.4. The fourth-order valence-corrected chi connectivity index (χ4v) is 2.46. The fourth-order valence-electron chi connectivity index (χ4n) is 1.81. The third-order valence-electron chi connectivity index (χ3n) is 2.81. The molecule has 0 bridgehead atoms. The lowest BCUT2D eigenvalue weighted by atomic mass is 10.2. The number of rotatable bonds is 5. The van der Waals surface area contributed by atoms with Gasteiger partial charge in [-0.15, -0.1) is 10.2 Å². The minimum atomic E-state index is -0.919. The third kappa shape index (κ3) is 3.03. The molecule has 0 spiro atoms. The second-order valence-corrected chi connectivity index (χ2v) is 5.32. The van der Waals surface area contributed by atoms with Gasteiger partial charge in [-0.2, -0.15) is 9.78 Å². The van der Waals surface area contributed by atoms with Gasteiger partial charge >= 0.3 is 5.97 Å². The molecular formula is C13H12N4O4S. The number of aromatic nitrogens is 3. The molecule has 1 aliphatic heterocycles. The van der Waals surface area contributed by atoms with Gasteiger partial charge in [-0.25, -0.2) is 0 Å². The maximum Gasteiger partial charge on any atom is 0.313 e. The van der Waals surface area contributed by atoms with Gasteiger partial charge in [0, 0.05) is 0 Å². The number of aryl methyl sites for hydroxylation is 1. The summed E-state index contributed by atoms with van der Waals surface area (Å²) in [7, 11) is 0. The van der Waals surface area contributed by atoms with Gasteiger partial charge in [0.15, 0.2) is 17.3 Å². The minimum Gasteiger partial charge on any atom is -0.481 e. The average Bonchev–Trinajstić information content (AvgIpc) is 3.09. The summed E-state index contributed by atoms with van der Waals surface area (Å²) in [5.74, 6) is 0.930. The van der Waals surface area contributed by atoms with Gasteiger partial charge in [0.1, 0.15) is 0 Å². The monoisotopic (exact) mass is 320 g/mol. The molecule has 1 aromatic heterocycles. The molecule has 114 valence electrons. The van der Waals surface area contributed by atoms with E-state index in [1.807, 2.05) is 18.2 Å². The molecule has 1 aromatic carbocycles. The van der Waals surface area contributed by atoms with E-state index in [2.05, 4.69) is 15.3 Å². The Morgan fingerprint density at radius 2 is 2.27 bits per heavy atom. The van der Waals surface area contributed by atoms with Gasteiger partial charge in [-0.1, -0.05) is 11.8 Å². The molecule has 2 aromatic rings. The number of carbonyl (C=O) groups is 1. The quantitative estimate of drug-likeness (QED) is 0.656. The molecule has 0 radical (unpaired) electrons. The Morgan fingerprint density at radius 1 is 1.45 bits per heavy atom. The second-order valence-electron chi connectivity index (χ2n) is 4.38. The first-order valence-corrected chi connectivity index (χ1v) is 7.32. The normalized spacial score (nSPS) is 13.0. The van der Waals surface area contributed by atoms with Crippen molar-refractivity contribution in [2.75, 3.05) is 12.5 Å². The van der Waals surface area contributed by atoms with E-state index >= 15 is 0 Å². The summed E-state index contributed by atoms with van der Waals surface area (Å²) in [4.78, 5) is 10.6. The van der Waals surface area contributed by atoms with Gasteiger partial charge in [0.05, 0.1) is 12.0 Å². The lowest BCUT2D eigenvalue weighted by Gasteiger charge is -2.01. The van der Waals surface area contributed by atoms with Crippen LogP contribution in [-0.2, 0) is 4.79 Å². The van der Waals surface area contributed by atoms with Gasteiger partial charge < -0.3 is 14.6 Å². The predicted molar refractivity (Wildman–Crippen MR) is 78.7 cm³/mol. The van der Waals surface area contributed by atoms with E-state index in [4.69, 9.17) is 14.6 Å². The lowest BCUT2D eigenvalue weighted by Crippen LogP contribution is -2.01. The van der Waals surface area contributed by atoms with Crippen molar-refractivity contribution in [3.05, 3.63) is 29.6 Å². The molecule has 3 rings (SSSR count). The van der Waals surface area contributed by atoms with Crippen molar-refractivity contribution in [3.63, 3.8) is 0 Å². The summed E-state index contributed by atoms with van der Waals surface area (Å²) < 4.78 is 12.0. The standard InChI is InChI=1S/C13H12N4O4S/c1-8-15-16-13(22-6-12(18)19)17(8)14-5-9-2-3-10-11(4-9)21-7-20-10/h2-5H,6-7H2,1H3,(H,18,19)/b14-5-. The summed E-state index contributed by atoms with van der Waals surface area (Å²) in [6.07, 6.45) is 1.63. The van der Waals surface area contributed by atoms with Crippen LogP contribution in [0.1, 0.15) is 11.4 Å². The zero-order chi connectivity index (χ0) is 15.5. The number of hydrogen-bond acceptors (Lipinski definition) is 7. The Hall–Kier alpha value is -2.55. The maximum absolute atomic E-state index is 10.6. The van der Waals surface area contributed by atoms with Crippen molar-refractivity contribution in [2.24, 2.45) is 5.10 Å². The predicted octanol–water partition coefficient (Wildman–Crippen LogP) is 1.37. The van der Waals surface area contributed by atoms with E-state index < -0.39 is 5.97 Å². The molecule has 0 amide bonds. The van der Waals surface area contributed by atoms with Gasteiger partial charge in [-0.05, 0) is 30.7 Å². The van der Waals surface area contributed by atoms with Crippen molar-refractivity contribution in [3.8, 4) is 11.5 Å². The largest absolute Gasteiger partial charge is 0.481 e. The number of hydrogen-bond donors (Lipinski definition) is 1. The Bertz CT molecular complexity index is 744. The van der Waals surface area contributed by atoms with E-state index in [1.165, 1.54) is 4.68 Å². The van der Waals surface area contributed by atoms with Crippen molar-refractivity contribution < 1.29 is 19.4 Å². The van der Waals surface area contributed by atoms with Crippen LogP contribution < -0.4 is 9.47 Å². The molecule has 0 fully saturated rings. The van der Waals surface area contributed by atoms with E-state index in [0.717, 1.165) is 17.3 Å². The van der Waals surface area contributed by atoms with E-state index in [9.17, 15) is 4.79 Å². The zero-order valence-electron chi connectivity index (χ0n) is 11.6. The molecule has 0 saturated heterocycles. The molecule has 2 heterocycles. The number of thioether (sulfide) groups is 1. The van der Waals surface area contributed by atoms with Crippen molar-refractivity contribution in [1.82, 2.24) is 14.9 Å². The third-order valence-corrected chi connectivity index (χ3v) is 3.72. The van der Waals surface area contributed by atoms with Crippen LogP contribution in [0.4, 0.5) is 0 Å². The molecular weight excluding hydrogens is 308 g/mol. The Morgan fingerprint density at radius 3 is 3.09 bits per heavy atom. The summed E-state index contributed by atoms with van der Waals surface area (Å²) in [5.41, 5.74) is 0.825. The molecule has 1 N–H and O–H groups in total. The SMILES string of the molecule is Cc1nnc(SCC(=O)O)n1/N=C\c1ccc2c(c1)OCO2. The van der Waals surface area contributed by atoms with Crippen LogP contribution in [-0.4, -0.2) is 44.7 Å². The number of carboxylic acid groups (broad SMARTS) is 1. The first-order valence-electron chi connectivity index (χ1n) is 6.34. The highest BCUT2D eigenvalue weighted by Gasteiger charge is 2.13. The number of nitrogens with zero attached hydrogens (tertiary/aromatic N) is 4. The maximum atomic E-state index is 10.6. The molecule has 1 aliphatic rings. The van der Waals surface area contributed by atoms with Crippen LogP contribution in [0.2, 0.25) is 0 Å².